The quantitative estimate of drug-likeness (QED) is 0.212. The molecule has 0 aromatic carbocycles. The minimum atomic E-state index is -0.935. The Morgan fingerprint density at radius 1 is 0.735 bits per heavy atom. The summed E-state index contributed by atoms with van der Waals surface area (Å²) in [5, 5.41) is 7.89. The predicted octanol–water partition coefficient (Wildman–Crippen LogP) is 3.96. The highest BCUT2D eigenvalue weighted by molar-refractivity contribution is 5.87. The zero-order valence-electron chi connectivity index (χ0n) is 22.1. The first-order valence-electron chi connectivity index (χ1n) is 10.5. The van der Waals surface area contributed by atoms with Crippen LogP contribution in [-0.2, 0) is 33.4 Å². The van der Waals surface area contributed by atoms with Crippen LogP contribution in [-0.4, -0.2) is 74.8 Å². The molecule has 1 N–H and O–H groups in total. The minimum Gasteiger partial charge on any atom is -0.478 e. The summed E-state index contributed by atoms with van der Waals surface area (Å²) < 4.78 is 13.9. The number of methoxy groups -OCH3 is 1. The van der Waals surface area contributed by atoms with Crippen LogP contribution in [0.4, 0.5) is 0 Å². The van der Waals surface area contributed by atoms with E-state index in [0.29, 0.717) is 29.9 Å². The van der Waals surface area contributed by atoms with Gasteiger partial charge in [0.15, 0.2) is 0 Å². The number of ether oxygens (including phenoxy) is 3. The second kappa shape index (κ2) is 24.4. The molecule has 0 saturated heterocycles. The van der Waals surface area contributed by atoms with Crippen LogP contribution in [0, 0.1) is 0 Å². The molecular formula is C25H43NO8. The number of carboxylic acid groups (broad SMARTS) is 1. The maximum absolute atomic E-state index is 10.8. The van der Waals surface area contributed by atoms with Crippen molar-refractivity contribution in [2.45, 2.75) is 47.5 Å². The fraction of sp³-hybridized carbons (Fsp3) is 0.520. The summed E-state index contributed by atoms with van der Waals surface area (Å²) in [6, 6.07) is 0. The highest BCUT2D eigenvalue weighted by Gasteiger charge is 2.02. The van der Waals surface area contributed by atoms with Crippen LogP contribution in [0.3, 0.4) is 0 Å². The minimum absolute atomic E-state index is 0.176. The van der Waals surface area contributed by atoms with E-state index < -0.39 is 5.97 Å². The summed E-state index contributed by atoms with van der Waals surface area (Å²) in [7, 11) is 5.18. The Bertz CT molecular complexity index is 681. The molecule has 9 nitrogen and oxygen atoms in total. The average Bonchev–Trinajstić information content (AvgIpc) is 2.73. The van der Waals surface area contributed by atoms with E-state index in [9.17, 15) is 19.2 Å². The van der Waals surface area contributed by atoms with Gasteiger partial charge in [-0.15, -0.1) is 0 Å². The third kappa shape index (κ3) is 33.4. The lowest BCUT2D eigenvalue weighted by molar-refractivity contribution is -0.140. The third-order valence-electron chi connectivity index (χ3n) is 3.10. The maximum Gasteiger partial charge on any atom is 0.333 e. The Morgan fingerprint density at radius 3 is 1.29 bits per heavy atom. The molecule has 0 aromatic heterocycles. The molecule has 0 aliphatic carbocycles. The van der Waals surface area contributed by atoms with Gasteiger partial charge in [0.05, 0.1) is 13.7 Å². The molecule has 196 valence electrons. The van der Waals surface area contributed by atoms with Gasteiger partial charge in [-0.2, -0.15) is 0 Å². The number of carbonyl (C=O) groups excluding carboxylic acids is 3. The summed E-state index contributed by atoms with van der Waals surface area (Å²) in [6.07, 6.45) is 1.97. The number of carbonyl (C=O) groups is 4. The van der Waals surface area contributed by atoms with Crippen molar-refractivity contribution in [2.24, 2.45) is 0 Å². The van der Waals surface area contributed by atoms with Gasteiger partial charge in [-0.05, 0) is 48.2 Å². The molecule has 0 aliphatic heterocycles. The van der Waals surface area contributed by atoms with E-state index in [-0.39, 0.29) is 23.5 Å². The van der Waals surface area contributed by atoms with Crippen molar-refractivity contribution in [2.75, 3.05) is 41.0 Å². The fourth-order valence-corrected chi connectivity index (χ4v) is 1.05. The molecular weight excluding hydrogens is 442 g/mol. The van der Waals surface area contributed by atoms with Crippen molar-refractivity contribution in [3.05, 3.63) is 48.6 Å². The SMILES string of the molecule is C=C(C)C(=O)O.C=C(C)C(=O)OC.C=C(C)C(=O)OCCCC.C=C(C)C(=O)OCCN(C)C. The molecule has 0 fully saturated rings. The van der Waals surface area contributed by atoms with Gasteiger partial charge in [-0.3, -0.25) is 0 Å². The normalized spacial score (nSPS) is 8.74. The number of carboxylic acids is 1. The number of aliphatic carboxylic acids is 1. The highest BCUT2D eigenvalue weighted by atomic mass is 16.5. The van der Waals surface area contributed by atoms with Gasteiger partial charge in [-0.25, -0.2) is 19.2 Å². The van der Waals surface area contributed by atoms with E-state index in [1.807, 2.05) is 19.0 Å². The number of rotatable bonds is 10. The van der Waals surface area contributed by atoms with Crippen LogP contribution in [0.1, 0.15) is 47.5 Å². The number of unbranched alkanes of at least 4 members (excludes halogenated alkanes) is 1. The molecule has 0 radical (unpaired) electrons. The Hall–Kier alpha value is -3.20. The lowest BCUT2D eigenvalue weighted by Crippen LogP contribution is -2.20. The van der Waals surface area contributed by atoms with Gasteiger partial charge >= 0.3 is 23.9 Å². The summed E-state index contributed by atoms with van der Waals surface area (Å²) in [4.78, 5) is 43.2. The fourth-order valence-electron chi connectivity index (χ4n) is 1.05. The molecule has 0 bridgehead atoms. The summed E-state index contributed by atoms with van der Waals surface area (Å²) in [6.45, 7) is 23.5. The molecule has 9 heteroatoms. The first kappa shape index (κ1) is 38.1. The zero-order valence-corrected chi connectivity index (χ0v) is 22.1. The van der Waals surface area contributed by atoms with E-state index in [2.05, 4.69) is 38.0 Å². The first-order valence-corrected chi connectivity index (χ1v) is 10.5. The summed E-state index contributed by atoms with van der Waals surface area (Å²) >= 11 is 0. The van der Waals surface area contributed by atoms with Crippen LogP contribution >= 0.6 is 0 Å². The molecule has 0 atom stereocenters. The second-order valence-electron chi connectivity index (χ2n) is 7.35. The molecule has 0 spiro atoms. The average molecular weight is 486 g/mol. The molecule has 0 amide bonds. The molecule has 0 rings (SSSR count). The van der Waals surface area contributed by atoms with E-state index in [1.54, 1.807) is 20.8 Å². The van der Waals surface area contributed by atoms with E-state index in [1.165, 1.54) is 14.0 Å². The van der Waals surface area contributed by atoms with Crippen molar-refractivity contribution in [3.8, 4) is 0 Å². The van der Waals surface area contributed by atoms with E-state index in [0.717, 1.165) is 19.4 Å². The molecule has 34 heavy (non-hydrogen) atoms. The Balaban J connectivity index is -0.000000182. The Morgan fingerprint density at radius 2 is 1.09 bits per heavy atom. The van der Waals surface area contributed by atoms with Crippen molar-refractivity contribution < 1.29 is 38.5 Å². The van der Waals surface area contributed by atoms with Crippen LogP contribution in [0.25, 0.3) is 0 Å². The molecule has 0 aromatic rings. The van der Waals surface area contributed by atoms with E-state index in [4.69, 9.17) is 14.6 Å². The Kier molecular flexibility index (Phi) is 27.4. The largest absolute Gasteiger partial charge is 0.478 e. The van der Waals surface area contributed by atoms with Crippen LogP contribution in [0.15, 0.2) is 48.6 Å². The molecule has 0 unspecified atom stereocenters. The van der Waals surface area contributed by atoms with Gasteiger partial charge in [0, 0.05) is 28.8 Å². The third-order valence-corrected chi connectivity index (χ3v) is 3.10. The van der Waals surface area contributed by atoms with Gasteiger partial charge in [0.1, 0.15) is 6.61 Å². The van der Waals surface area contributed by atoms with Gasteiger partial charge in [0.2, 0.25) is 0 Å². The number of hydrogen-bond acceptors (Lipinski definition) is 8. The van der Waals surface area contributed by atoms with Crippen LogP contribution < -0.4 is 0 Å². The molecule has 0 saturated carbocycles. The van der Waals surface area contributed by atoms with Gasteiger partial charge in [0.25, 0.3) is 0 Å². The molecule has 0 aliphatic rings. The van der Waals surface area contributed by atoms with Gasteiger partial charge in [-0.1, -0.05) is 39.7 Å². The topological polar surface area (TPSA) is 119 Å². The smallest absolute Gasteiger partial charge is 0.333 e. The van der Waals surface area contributed by atoms with E-state index >= 15 is 0 Å². The van der Waals surface area contributed by atoms with Crippen LogP contribution in [0.5, 0.6) is 0 Å². The lowest BCUT2D eigenvalue weighted by Gasteiger charge is -2.09. The standard InChI is InChI=1S/C8H15NO2.C8H14O2.C5H8O2.C4H6O2/c1-7(2)8(10)11-6-5-9(3)4;1-4-5-6-10-8(9)7(2)3;1-4(2)5(6)7-3;1-3(2)4(5)6/h1,5-6H2,2-4H3;2,4-6H2,1,3H3;1H2,2-3H3;1H2,2H3,(H,5,6). The number of nitrogens with zero attached hydrogens (tertiary/aromatic N) is 1. The number of esters is 3. The number of hydrogen-bond donors (Lipinski definition) is 1. The summed E-state index contributed by atoms with van der Waals surface area (Å²) in [5.74, 6) is -1.88. The van der Waals surface area contributed by atoms with Crippen molar-refractivity contribution in [3.63, 3.8) is 0 Å². The van der Waals surface area contributed by atoms with Crippen molar-refractivity contribution in [1.82, 2.24) is 4.90 Å². The summed E-state index contributed by atoms with van der Waals surface area (Å²) in [5.41, 5.74) is 1.53. The predicted molar refractivity (Wildman–Crippen MR) is 134 cm³/mol. The maximum atomic E-state index is 10.8. The lowest BCUT2D eigenvalue weighted by atomic mass is 10.3. The monoisotopic (exact) mass is 485 g/mol. The first-order chi connectivity index (χ1) is 15.5. The van der Waals surface area contributed by atoms with Crippen LogP contribution in [0.2, 0.25) is 0 Å². The highest BCUT2D eigenvalue weighted by Crippen LogP contribution is 1.94. The second-order valence-corrected chi connectivity index (χ2v) is 7.35. The molecule has 0 heterocycles. The van der Waals surface area contributed by atoms with Gasteiger partial charge < -0.3 is 24.2 Å². The van der Waals surface area contributed by atoms with Crippen molar-refractivity contribution >= 4 is 23.9 Å². The number of likely N-dealkylation sites (N-methyl/N-ethyl adjacent to an activating group) is 1. The Labute approximate surface area is 204 Å². The zero-order chi connectivity index (χ0) is 27.9. The van der Waals surface area contributed by atoms with Crippen molar-refractivity contribution in [1.29, 1.82) is 0 Å².